The predicted molar refractivity (Wildman–Crippen MR) is 61.9 cm³/mol. The first-order valence-corrected chi connectivity index (χ1v) is 5.71. The second-order valence-electron chi connectivity index (χ2n) is 4.69. The van der Waals surface area contributed by atoms with Crippen LogP contribution in [-0.4, -0.2) is 53.8 Å². The second-order valence-corrected chi connectivity index (χ2v) is 4.69. The Labute approximate surface area is 101 Å². The number of nitrogens with zero attached hydrogens (tertiary/aromatic N) is 1. The van der Waals surface area contributed by atoms with Crippen molar-refractivity contribution in [3.05, 3.63) is 0 Å². The number of carboxylic acids is 1. The molecule has 1 heterocycles. The number of methoxy groups -OCH3 is 1. The normalized spacial score (nSPS) is 26.4. The van der Waals surface area contributed by atoms with E-state index >= 15 is 0 Å². The Balaban J connectivity index is 2.55. The molecule has 1 fully saturated rings. The van der Waals surface area contributed by atoms with Gasteiger partial charge in [0.05, 0.1) is 12.1 Å². The van der Waals surface area contributed by atoms with Crippen molar-refractivity contribution in [3.8, 4) is 0 Å². The quantitative estimate of drug-likeness (QED) is 0.764. The molecule has 0 bridgehead atoms. The van der Waals surface area contributed by atoms with Crippen molar-refractivity contribution in [1.82, 2.24) is 10.2 Å². The van der Waals surface area contributed by atoms with Gasteiger partial charge in [-0.1, -0.05) is 0 Å². The van der Waals surface area contributed by atoms with Crippen LogP contribution in [-0.2, 0) is 9.53 Å². The summed E-state index contributed by atoms with van der Waals surface area (Å²) in [5.74, 6) is -1.04. The van der Waals surface area contributed by atoms with E-state index in [0.717, 1.165) is 12.8 Å². The van der Waals surface area contributed by atoms with Gasteiger partial charge >= 0.3 is 12.0 Å². The average molecular weight is 244 g/mol. The number of carbonyl (C=O) groups excluding carboxylic acids is 1. The zero-order valence-electron chi connectivity index (χ0n) is 10.5. The number of piperidine rings is 1. The Morgan fingerprint density at radius 3 is 2.71 bits per heavy atom. The van der Waals surface area contributed by atoms with Crippen LogP contribution in [0.25, 0.3) is 0 Å². The first kappa shape index (κ1) is 13.8. The molecular weight excluding hydrogens is 224 g/mol. The SMILES string of the molecule is COC1(C)CCCN(C(=O)NC(C)C(=O)O)C1. The van der Waals surface area contributed by atoms with Gasteiger partial charge in [-0.05, 0) is 26.7 Å². The van der Waals surface area contributed by atoms with Crippen molar-refractivity contribution < 1.29 is 19.4 Å². The fourth-order valence-corrected chi connectivity index (χ4v) is 1.88. The summed E-state index contributed by atoms with van der Waals surface area (Å²) < 4.78 is 5.37. The summed E-state index contributed by atoms with van der Waals surface area (Å²) in [5.41, 5.74) is -0.331. The molecule has 1 aliphatic heterocycles. The fourth-order valence-electron chi connectivity index (χ4n) is 1.88. The van der Waals surface area contributed by atoms with Gasteiger partial charge in [0.2, 0.25) is 0 Å². The highest BCUT2D eigenvalue weighted by atomic mass is 16.5. The lowest BCUT2D eigenvalue weighted by molar-refractivity contribution is -0.138. The molecule has 2 unspecified atom stereocenters. The third-order valence-electron chi connectivity index (χ3n) is 3.15. The molecule has 2 atom stereocenters. The molecule has 1 saturated heterocycles. The number of ether oxygens (including phenoxy) is 1. The first-order chi connectivity index (χ1) is 7.88. The van der Waals surface area contributed by atoms with E-state index in [-0.39, 0.29) is 11.6 Å². The van der Waals surface area contributed by atoms with Crippen molar-refractivity contribution >= 4 is 12.0 Å². The van der Waals surface area contributed by atoms with Crippen LogP contribution in [0.4, 0.5) is 4.79 Å². The summed E-state index contributed by atoms with van der Waals surface area (Å²) in [6.45, 7) is 4.52. The molecule has 6 heteroatoms. The number of carboxylic acid groups (broad SMARTS) is 1. The van der Waals surface area contributed by atoms with Crippen LogP contribution in [0.5, 0.6) is 0 Å². The van der Waals surface area contributed by atoms with Gasteiger partial charge < -0.3 is 20.1 Å². The Morgan fingerprint density at radius 1 is 1.53 bits per heavy atom. The third-order valence-corrected chi connectivity index (χ3v) is 3.15. The average Bonchev–Trinajstić information content (AvgIpc) is 2.29. The minimum absolute atomic E-state index is 0.331. The van der Waals surface area contributed by atoms with Crippen molar-refractivity contribution in [2.75, 3.05) is 20.2 Å². The Hall–Kier alpha value is -1.30. The van der Waals surface area contributed by atoms with Crippen molar-refractivity contribution in [2.24, 2.45) is 0 Å². The van der Waals surface area contributed by atoms with Gasteiger partial charge in [-0.15, -0.1) is 0 Å². The van der Waals surface area contributed by atoms with Gasteiger partial charge in [0.15, 0.2) is 0 Å². The molecule has 1 rings (SSSR count). The van der Waals surface area contributed by atoms with Crippen LogP contribution in [0.1, 0.15) is 26.7 Å². The number of hydrogen-bond acceptors (Lipinski definition) is 3. The molecule has 0 aliphatic carbocycles. The molecule has 6 nitrogen and oxygen atoms in total. The van der Waals surface area contributed by atoms with Crippen molar-refractivity contribution in [2.45, 2.75) is 38.3 Å². The van der Waals surface area contributed by atoms with Crippen molar-refractivity contribution in [3.63, 3.8) is 0 Å². The highest BCUT2D eigenvalue weighted by Crippen LogP contribution is 2.23. The van der Waals surface area contributed by atoms with E-state index in [1.54, 1.807) is 12.0 Å². The Morgan fingerprint density at radius 2 is 2.18 bits per heavy atom. The van der Waals surface area contributed by atoms with Crippen molar-refractivity contribution in [1.29, 1.82) is 0 Å². The van der Waals surface area contributed by atoms with Crippen LogP contribution in [0.2, 0.25) is 0 Å². The molecule has 0 aromatic carbocycles. The maximum atomic E-state index is 11.8. The molecule has 0 spiro atoms. The fraction of sp³-hybridized carbons (Fsp3) is 0.818. The van der Waals surface area contributed by atoms with Gasteiger partial charge in [-0.2, -0.15) is 0 Å². The number of rotatable bonds is 3. The summed E-state index contributed by atoms with van der Waals surface area (Å²) in [6.07, 6.45) is 1.76. The Kier molecular flexibility index (Phi) is 4.34. The van der Waals surface area contributed by atoms with Crippen LogP contribution in [0.3, 0.4) is 0 Å². The molecule has 0 aromatic rings. The highest BCUT2D eigenvalue weighted by Gasteiger charge is 2.33. The van der Waals surface area contributed by atoms with E-state index in [1.807, 2.05) is 6.92 Å². The van der Waals surface area contributed by atoms with Gasteiger partial charge in [-0.3, -0.25) is 4.79 Å². The molecule has 2 N–H and O–H groups in total. The topological polar surface area (TPSA) is 78.9 Å². The number of likely N-dealkylation sites (tertiary alicyclic amines) is 1. The summed E-state index contributed by atoms with van der Waals surface area (Å²) in [5, 5.41) is 11.2. The number of amides is 2. The summed E-state index contributed by atoms with van der Waals surface area (Å²) in [4.78, 5) is 24.1. The van der Waals surface area contributed by atoms with Crippen LogP contribution < -0.4 is 5.32 Å². The van der Waals surface area contributed by atoms with E-state index in [1.165, 1.54) is 6.92 Å². The molecule has 17 heavy (non-hydrogen) atoms. The van der Waals surface area contributed by atoms with Gasteiger partial charge in [0.1, 0.15) is 6.04 Å². The summed E-state index contributed by atoms with van der Waals surface area (Å²) >= 11 is 0. The number of hydrogen-bond donors (Lipinski definition) is 2. The summed E-state index contributed by atoms with van der Waals surface area (Å²) in [7, 11) is 1.63. The van der Waals surface area contributed by atoms with Gasteiger partial charge in [0, 0.05) is 13.7 Å². The van der Waals surface area contributed by atoms with Crippen LogP contribution in [0.15, 0.2) is 0 Å². The lowest BCUT2D eigenvalue weighted by atomic mass is 9.95. The number of urea groups is 1. The first-order valence-electron chi connectivity index (χ1n) is 5.71. The van der Waals surface area contributed by atoms with E-state index in [2.05, 4.69) is 5.32 Å². The minimum atomic E-state index is -1.04. The molecular formula is C11H20N2O4. The number of nitrogens with one attached hydrogen (secondary N) is 1. The maximum absolute atomic E-state index is 11.8. The summed E-state index contributed by atoms with van der Waals surface area (Å²) in [6, 6.07) is -1.22. The predicted octanol–water partition coefficient (Wildman–Crippen LogP) is 0.670. The largest absolute Gasteiger partial charge is 0.480 e. The molecule has 98 valence electrons. The molecule has 0 saturated carbocycles. The lowest BCUT2D eigenvalue weighted by Gasteiger charge is -2.39. The van der Waals surface area contributed by atoms with Gasteiger partial charge in [0.25, 0.3) is 0 Å². The van der Waals surface area contributed by atoms with Crippen LogP contribution in [0, 0.1) is 0 Å². The number of aliphatic carboxylic acids is 1. The zero-order chi connectivity index (χ0) is 13.1. The molecule has 0 radical (unpaired) electrons. The minimum Gasteiger partial charge on any atom is -0.480 e. The standard InChI is InChI=1S/C11H20N2O4/c1-8(9(14)15)12-10(16)13-6-4-5-11(2,7-13)17-3/h8H,4-7H2,1-3H3,(H,12,16)(H,14,15). The molecule has 0 aromatic heterocycles. The van der Waals surface area contributed by atoms with E-state index in [9.17, 15) is 9.59 Å². The zero-order valence-corrected chi connectivity index (χ0v) is 10.5. The Bertz CT molecular complexity index is 308. The van der Waals surface area contributed by atoms with Gasteiger partial charge in [-0.25, -0.2) is 4.79 Å². The molecule has 1 aliphatic rings. The maximum Gasteiger partial charge on any atom is 0.325 e. The highest BCUT2D eigenvalue weighted by molar-refractivity contribution is 5.82. The monoisotopic (exact) mass is 244 g/mol. The van der Waals surface area contributed by atoms with E-state index in [4.69, 9.17) is 9.84 Å². The third kappa shape index (κ3) is 3.59. The van der Waals surface area contributed by atoms with Crippen LogP contribution >= 0.6 is 0 Å². The van der Waals surface area contributed by atoms with E-state index < -0.39 is 12.0 Å². The van der Waals surface area contributed by atoms with E-state index in [0.29, 0.717) is 13.1 Å². The number of carbonyl (C=O) groups is 2. The molecule has 2 amide bonds. The smallest absolute Gasteiger partial charge is 0.325 e. The second kappa shape index (κ2) is 5.35. The lowest BCUT2D eigenvalue weighted by Crippen LogP contribution is -2.54.